The standard InChI is InChI=1S/C26H23Cl2F3N4O3/c27-19-13-16(26(29,30)31)14-32-24(19)34-9-11-35(12-10-34)25(38)15-5-7-33(8-6-15)21-20(28)22(36)17-3-1-2-4-18(17)23(21)37/h1-4,13-15H,5-12H2. The smallest absolute Gasteiger partial charge is 0.367 e. The van der Waals surface area contributed by atoms with E-state index in [4.69, 9.17) is 23.2 Å². The van der Waals surface area contributed by atoms with Crippen LogP contribution in [0, 0.1) is 5.92 Å². The third kappa shape index (κ3) is 4.87. The van der Waals surface area contributed by atoms with E-state index in [9.17, 15) is 27.6 Å². The number of rotatable bonds is 3. The van der Waals surface area contributed by atoms with Crippen LogP contribution in [0.2, 0.25) is 5.02 Å². The summed E-state index contributed by atoms with van der Waals surface area (Å²) in [5, 5.41) is -0.177. The van der Waals surface area contributed by atoms with Crippen molar-refractivity contribution in [2.75, 3.05) is 44.2 Å². The molecule has 0 bridgehead atoms. The van der Waals surface area contributed by atoms with Crippen LogP contribution in [0.3, 0.4) is 0 Å². The van der Waals surface area contributed by atoms with E-state index in [2.05, 4.69) is 4.98 Å². The molecule has 1 aromatic carbocycles. The van der Waals surface area contributed by atoms with E-state index in [1.165, 1.54) is 0 Å². The number of halogens is 5. The lowest BCUT2D eigenvalue weighted by Crippen LogP contribution is -2.52. The van der Waals surface area contributed by atoms with Crippen LogP contribution in [0.4, 0.5) is 19.0 Å². The number of Topliss-reactive ketones (excluding diaryl/α,β-unsaturated/α-hetero) is 2. The number of nitrogens with zero attached hydrogens (tertiary/aromatic N) is 4. The number of amides is 1. The van der Waals surface area contributed by atoms with Crippen molar-refractivity contribution in [2.24, 2.45) is 5.92 Å². The van der Waals surface area contributed by atoms with Gasteiger partial charge in [0.1, 0.15) is 16.5 Å². The van der Waals surface area contributed by atoms with Crippen molar-refractivity contribution in [3.8, 4) is 0 Å². The fourth-order valence-electron chi connectivity index (χ4n) is 5.18. The molecular formula is C26H23Cl2F3N4O3. The Labute approximate surface area is 226 Å². The van der Waals surface area contributed by atoms with Gasteiger partial charge in [-0.25, -0.2) is 4.98 Å². The lowest BCUT2D eigenvalue weighted by atomic mass is 9.89. The van der Waals surface area contributed by atoms with Crippen molar-refractivity contribution in [3.63, 3.8) is 0 Å². The van der Waals surface area contributed by atoms with Gasteiger partial charge in [-0.05, 0) is 18.9 Å². The number of piperazine rings is 1. The minimum Gasteiger partial charge on any atom is -0.367 e. The van der Waals surface area contributed by atoms with Crippen LogP contribution in [-0.2, 0) is 11.0 Å². The molecule has 1 amide bonds. The van der Waals surface area contributed by atoms with Gasteiger partial charge in [-0.15, -0.1) is 0 Å². The molecule has 38 heavy (non-hydrogen) atoms. The Hall–Kier alpha value is -3.11. The SMILES string of the molecule is O=C1C(Cl)=C(N2CCC(C(=O)N3CCN(c4ncc(C(F)(F)F)cc4Cl)CC3)CC2)C(=O)c2ccccc21. The van der Waals surface area contributed by atoms with Crippen molar-refractivity contribution in [1.29, 1.82) is 0 Å². The average molecular weight is 567 g/mol. The first-order chi connectivity index (χ1) is 18.1. The predicted octanol–water partition coefficient (Wildman–Crippen LogP) is 4.64. The average Bonchev–Trinajstić information content (AvgIpc) is 2.91. The van der Waals surface area contributed by atoms with E-state index in [1.807, 2.05) is 0 Å². The second-order valence-corrected chi connectivity index (χ2v) is 10.3. The molecule has 2 aliphatic heterocycles. The normalized spacial score (nSPS) is 19.2. The van der Waals surface area contributed by atoms with Crippen molar-refractivity contribution in [2.45, 2.75) is 19.0 Å². The number of fused-ring (bicyclic) bond motifs is 1. The summed E-state index contributed by atoms with van der Waals surface area (Å²) in [5.74, 6) is -0.658. The number of anilines is 1. The van der Waals surface area contributed by atoms with Gasteiger partial charge in [0, 0.05) is 62.5 Å². The Morgan fingerprint density at radius 1 is 0.895 bits per heavy atom. The molecule has 200 valence electrons. The minimum atomic E-state index is -4.53. The van der Waals surface area contributed by atoms with E-state index in [-0.39, 0.29) is 45.0 Å². The van der Waals surface area contributed by atoms with Crippen molar-refractivity contribution in [1.82, 2.24) is 14.8 Å². The van der Waals surface area contributed by atoms with Gasteiger partial charge in [0.2, 0.25) is 17.5 Å². The largest absolute Gasteiger partial charge is 0.417 e. The highest BCUT2D eigenvalue weighted by atomic mass is 35.5. The number of benzene rings is 1. The molecule has 2 fully saturated rings. The topological polar surface area (TPSA) is 73.8 Å². The maximum absolute atomic E-state index is 13.2. The number of piperidine rings is 1. The monoisotopic (exact) mass is 566 g/mol. The van der Waals surface area contributed by atoms with E-state index in [1.54, 1.807) is 39.0 Å². The number of carbonyl (C=O) groups excluding carboxylic acids is 3. The molecule has 0 unspecified atom stereocenters. The maximum atomic E-state index is 13.2. The second kappa shape index (κ2) is 10.2. The lowest BCUT2D eigenvalue weighted by Gasteiger charge is -2.40. The molecule has 1 aliphatic carbocycles. The van der Waals surface area contributed by atoms with Gasteiger partial charge in [0.25, 0.3) is 0 Å². The first-order valence-corrected chi connectivity index (χ1v) is 12.9. The fraction of sp³-hybridized carbons (Fsp3) is 0.385. The fourth-order valence-corrected chi connectivity index (χ4v) is 5.77. The first-order valence-electron chi connectivity index (χ1n) is 12.2. The van der Waals surface area contributed by atoms with Gasteiger partial charge < -0.3 is 14.7 Å². The highest BCUT2D eigenvalue weighted by molar-refractivity contribution is 6.49. The molecule has 12 heteroatoms. The molecule has 5 rings (SSSR count). The van der Waals surface area contributed by atoms with Crippen LogP contribution in [0.15, 0.2) is 47.3 Å². The molecule has 3 heterocycles. The quantitative estimate of drug-likeness (QED) is 0.538. The molecular weight excluding hydrogens is 544 g/mol. The molecule has 2 saturated heterocycles. The number of ketones is 2. The summed E-state index contributed by atoms with van der Waals surface area (Å²) in [6.07, 6.45) is -2.76. The Morgan fingerprint density at radius 2 is 1.50 bits per heavy atom. The summed E-state index contributed by atoms with van der Waals surface area (Å²) >= 11 is 12.4. The molecule has 3 aliphatic rings. The number of hydrogen-bond donors (Lipinski definition) is 0. The van der Waals surface area contributed by atoms with Crippen LogP contribution >= 0.6 is 23.2 Å². The number of hydrogen-bond acceptors (Lipinski definition) is 6. The van der Waals surface area contributed by atoms with Crippen molar-refractivity contribution in [3.05, 3.63) is 69.0 Å². The summed E-state index contributed by atoms with van der Waals surface area (Å²) < 4.78 is 38.7. The number of allylic oxidation sites excluding steroid dienone is 2. The summed E-state index contributed by atoms with van der Waals surface area (Å²) in [7, 11) is 0. The predicted molar refractivity (Wildman–Crippen MR) is 135 cm³/mol. The highest BCUT2D eigenvalue weighted by Gasteiger charge is 2.38. The minimum absolute atomic E-state index is 0.00718. The van der Waals surface area contributed by atoms with E-state index in [0.717, 1.165) is 12.3 Å². The third-order valence-electron chi connectivity index (χ3n) is 7.24. The molecule has 0 radical (unpaired) electrons. The van der Waals surface area contributed by atoms with Crippen LogP contribution in [0.25, 0.3) is 0 Å². The number of likely N-dealkylation sites (tertiary alicyclic amines) is 1. The number of alkyl halides is 3. The van der Waals surface area contributed by atoms with E-state index >= 15 is 0 Å². The Balaban J connectivity index is 1.18. The van der Waals surface area contributed by atoms with Crippen molar-refractivity contribution < 1.29 is 27.6 Å². The van der Waals surface area contributed by atoms with Gasteiger partial charge in [-0.3, -0.25) is 14.4 Å². The number of pyridine rings is 1. The maximum Gasteiger partial charge on any atom is 0.417 e. The molecule has 1 aromatic heterocycles. The Kier molecular flexibility index (Phi) is 7.13. The van der Waals surface area contributed by atoms with Gasteiger partial charge in [0.15, 0.2) is 0 Å². The zero-order valence-corrected chi connectivity index (χ0v) is 21.6. The lowest BCUT2D eigenvalue weighted by molar-refractivity contribution is -0.138. The molecule has 0 spiro atoms. The van der Waals surface area contributed by atoms with Crippen molar-refractivity contribution >= 4 is 46.5 Å². The molecule has 2 aromatic rings. The van der Waals surface area contributed by atoms with E-state index in [0.29, 0.717) is 63.2 Å². The van der Waals surface area contributed by atoms with Gasteiger partial charge >= 0.3 is 6.18 Å². The molecule has 7 nitrogen and oxygen atoms in total. The molecule has 0 atom stereocenters. The Morgan fingerprint density at radius 3 is 2.08 bits per heavy atom. The summed E-state index contributed by atoms with van der Waals surface area (Å²) in [6.45, 7) is 2.38. The zero-order chi connectivity index (χ0) is 27.2. The van der Waals surface area contributed by atoms with Crippen LogP contribution in [0.5, 0.6) is 0 Å². The first kappa shape index (κ1) is 26.5. The van der Waals surface area contributed by atoms with Gasteiger partial charge in [0.05, 0.1) is 10.6 Å². The zero-order valence-electron chi connectivity index (χ0n) is 20.1. The number of aromatic nitrogens is 1. The summed E-state index contributed by atoms with van der Waals surface area (Å²) in [4.78, 5) is 48.2. The molecule has 0 N–H and O–H groups in total. The van der Waals surface area contributed by atoms with Crippen LogP contribution in [0.1, 0.15) is 39.1 Å². The van der Waals surface area contributed by atoms with Gasteiger partial charge in [-0.2, -0.15) is 13.2 Å². The van der Waals surface area contributed by atoms with Crippen LogP contribution in [-0.4, -0.2) is 71.5 Å². The summed E-state index contributed by atoms with van der Waals surface area (Å²) in [5.41, 5.74) is -0.0957. The molecule has 0 saturated carbocycles. The van der Waals surface area contributed by atoms with Crippen LogP contribution < -0.4 is 4.90 Å². The Bertz CT molecular complexity index is 1330. The summed E-state index contributed by atoms with van der Waals surface area (Å²) in [6, 6.07) is 7.45. The third-order valence-corrected chi connectivity index (χ3v) is 7.87. The number of carbonyl (C=O) groups is 3. The highest BCUT2D eigenvalue weighted by Crippen LogP contribution is 2.35. The van der Waals surface area contributed by atoms with Gasteiger partial charge in [-0.1, -0.05) is 47.5 Å². The second-order valence-electron chi connectivity index (χ2n) is 9.47. The van der Waals surface area contributed by atoms with E-state index < -0.39 is 11.7 Å².